The van der Waals surface area contributed by atoms with Crippen molar-refractivity contribution in [1.29, 1.82) is 0 Å². The minimum atomic E-state index is -0.693. The highest BCUT2D eigenvalue weighted by molar-refractivity contribution is 6.35. The van der Waals surface area contributed by atoms with Crippen molar-refractivity contribution >= 4 is 34.7 Å². The minimum Gasteiger partial charge on any atom is -0.495 e. The highest BCUT2D eigenvalue weighted by atomic mass is 35.5. The van der Waals surface area contributed by atoms with Crippen LogP contribution in [0.15, 0.2) is 49.3 Å². The lowest BCUT2D eigenvalue weighted by atomic mass is 10.2. The van der Waals surface area contributed by atoms with Crippen LogP contribution in [-0.4, -0.2) is 70.3 Å². The number of hydrogen-bond acceptors (Lipinski definition) is 11. The number of pyridine rings is 1. The Hall–Kier alpha value is -4.13. The fourth-order valence-corrected chi connectivity index (χ4v) is 4.31. The molecule has 4 aromatic rings. The van der Waals surface area contributed by atoms with E-state index in [1.807, 2.05) is 18.3 Å². The van der Waals surface area contributed by atoms with E-state index < -0.39 is 5.82 Å². The number of rotatable bonds is 9. The van der Waals surface area contributed by atoms with Crippen LogP contribution < -0.4 is 20.1 Å². The van der Waals surface area contributed by atoms with Crippen molar-refractivity contribution in [2.45, 2.75) is 6.54 Å². The summed E-state index contributed by atoms with van der Waals surface area (Å²) in [6.45, 7) is 4.15. The van der Waals surface area contributed by atoms with E-state index in [0.29, 0.717) is 22.9 Å². The van der Waals surface area contributed by atoms with Crippen molar-refractivity contribution in [3.05, 3.63) is 65.7 Å². The number of morpholine rings is 1. The van der Waals surface area contributed by atoms with Gasteiger partial charge < -0.3 is 24.8 Å². The Morgan fingerprint density at radius 1 is 0.949 bits per heavy atom. The van der Waals surface area contributed by atoms with Crippen LogP contribution in [-0.2, 0) is 11.3 Å². The SMILES string of the molecule is COc1cc(OC)c(Cl)c(Nc2ncncc2-c2cc(Nc3ccc(CN4CCOCC4)cn3)ncn2)c1F. The Kier molecular flexibility index (Phi) is 8.25. The number of nitrogens with one attached hydrogen (secondary N) is 2. The minimum absolute atomic E-state index is 0.0357. The average Bonchev–Trinajstić information content (AvgIpc) is 2.97. The first-order valence-corrected chi connectivity index (χ1v) is 12.4. The van der Waals surface area contributed by atoms with Gasteiger partial charge in [0.1, 0.15) is 46.6 Å². The highest BCUT2D eigenvalue weighted by Gasteiger charge is 2.21. The molecular weight excluding hydrogens is 527 g/mol. The molecule has 1 aliphatic heterocycles. The number of anilines is 4. The summed E-state index contributed by atoms with van der Waals surface area (Å²) in [5.74, 6) is 0.926. The number of ether oxygens (including phenoxy) is 3. The highest BCUT2D eigenvalue weighted by Crippen LogP contribution is 2.42. The smallest absolute Gasteiger partial charge is 0.190 e. The van der Waals surface area contributed by atoms with Gasteiger partial charge in [-0.05, 0) is 11.6 Å². The molecule has 0 saturated carbocycles. The Morgan fingerprint density at radius 3 is 2.51 bits per heavy atom. The molecule has 39 heavy (non-hydrogen) atoms. The van der Waals surface area contributed by atoms with E-state index >= 15 is 4.39 Å². The van der Waals surface area contributed by atoms with E-state index in [4.69, 9.17) is 25.8 Å². The third-order valence-corrected chi connectivity index (χ3v) is 6.44. The number of nitrogens with zero attached hydrogens (tertiary/aromatic N) is 6. The average molecular weight is 553 g/mol. The fourth-order valence-electron chi connectivity index (χ4n) is 4.04. The molecule has 0 amide bonds. The lowest BCUT2D eigenvalue weighted by molar-refractivity contribution is 0.0341. The van der Waals surface area contributed by atoms with Crippen LogP contribution in [0.1, 0.15) is 5.56 Å². The van der Waals surface area contributed by atoms with Gasteiger partial charge in [-0.1, -0.05) is 17.7 Å². The summed E-state index contributed by atoms with van der Waals surface area (Å²) < 4.78 is 30.9. The Labute approximate surface area is 229 Å². The predicted octanol–water partition coefficient (Wildman–Crippen LogP) is 4.46. The van der Waals surface area contributed by atoms with Crippen molar-refractivity contribution in [3.8, 4) is 22.8 Å². The molecule has 0 aliphatic carbocycles. The van der Waals surface area contributed by atoms with Crippen molar-refractivity contribution in [1.82, 2.24) is 29.8 Å². The van der Waals surface area contributed by atoms with Crippen molar-refractivity contribution < 1.29 is 18.6 Å². The van der Waals surface area contributed by atoms with Gasteiger partial charge in [0.25, 0.3) is 0 Å². The van der Waals surface area contributed by atoms with E-state index in [1.165, 1.54) is 32.9 Å². The lowest BCUT2D eigenvalue weighted by Gasteiger charge is -2.26. The second kappa shape index (κ2) is 12.2. The van der Waals surface area contributed by atoms with E-state index in [0.717, 1.165) is 38.4 Å². The van der Waals surface area contributed by atoms with Gasteiger partial charge >= 0.3 is 0 Å². The van der Waals surface area contributed by atoms with E-state index in [9.17, 15) is 0 Å². The van der Waals surface area contributed by atoms with E-state index in [1.54, 1.807) is 12.3 Å². The van der Waals surface area contributed by atoms with Gasteiger partial charge in [-0.2, -0.15) is 0 Å². The molecule has 1 saturated heterocycles. The van der Waals surface area contributed by atoms with Crippen molar-refractivity contribution in [2.24, 2.45) is 0 Å². The van der Waals surface area contributed by atoms with Crippen LogP contribution in [0.3, 0.4) is 0 Å². The molecule has 1 aromatic carbocycles. The normalized spacial score (nSPS) is 13.6. The first-order valence-electron chi connectivity index (χ1n) is 12.1. The molecule has 11 nitrogen and oxygen atoms in total. The van der Waals surface area contributed by atoms with Crippen LogP contribution in [0.5, 0.6) is 11.5 Å². The number of benzene rings is 1. The molecule has 0 spiro atoms. The first kappa shape index (κ1) is 26.5. The molecule has 3 aromatic heterocycles. The zero-order valence-corrected chi connectivity index (χ0v) is 22.1. The molecule has 5 rings (SSSR count). The Morgan fingerprint density at radius 2 is 1.77 bits per heavy atom. The summed E-state index contributed by atoms with van der Waals surface area (Å²) in [5, 5.41) is 6.17. The molecular formula is C26H26ClFN8O3. The van der Waals surface area contributed by atoms with Crippen molar-refractivity contribution in [3.63, 3.8) is 0 Å². The van der Waals surface area contributed by atoms with Gasteiger partial charge in [0, 0.05) is 44.2 Å². The summed E-state index contributed by atoms with van der Waals surface area (Å²) in [5.41, 5.74) is 2.05. The van der Waals surface area contributed by atoms with Crippen LogP contribution in [0.25, 0.3) is 11.3 Å². The Bertz CT molecular complexity index is 1410. The molecule has 1 aliphatic rings. The molecule has 0 bridgehead atoms. The molecule has 0 atom stereocenters. The molecule has 1 fully saturated rings. The van der Waals surface area contributed by atoms with Crippen molar-refractivity contribution in [2.75, 3.05) is 51.2 Å². The van der Waals surface area contributed by atoms with Crippen LogP contribution in [0.2, 0.25) is 5.02 Å². The zero-order valence-electron chi connectivity index (χ0n) is 21.3. The summed E-state index contributed by atoms with van der Waals surface area (Å²) in [4.78, 5) is 23.9. The molecule has 4 heterocycles. The lowest BCUT2D eigenvalue weighted by Crippen LogP contribution is -2.35. The van der Waals surface area contributed by atoms with Gasteiger partial charge in [-0.15, -0.1) is 0 Å². The molecule has 0 unspecified atom stereocenters. The third-order valence-electron chi connectivity index (χ3n) is 6.06. The summed E-state index contributed by atoms with van der Waals surface area (Å²) in [6, 6.07) is 7.02. The Balaban J connectivity index is 1.36. The molecule has 202 valence electrons. The number of aromatic nitrogens is 5. The van der Waals surface area contributed by atoms with Crippen LogP contribution in [0.4, 0.5) is 27.5 Å². The monoisotopic (exact) mass is 552 g/mol. The predicted molar refractivity (Wildman–Crippen MR) is 144 cm³/mol. The van der Waals surface area contributed by atoms with Gasteiger partial charge in [0.15, 0.2) is 11.6 Å². The summed E-state index contributed by atoms with van der Waals surface area (Å²) in [7, 11) is 2.79. The van der Waals surface area contributed by atoms with E-state index in [-0.39, 0.29) is 28.0 Å². The molecule has 13 heteroatoms. The van der Waals surface area contributed by atoms with Crippen LogP contribution >= 0.6 is 11.6 Å². The van der Waals surface area contributed by atoms with Gasteiger partial charge in [0.05, 0.1) is 38.7 Å². The first-order chi connectivity index (χ1) is 19.1. The van der Waals surface area contributed by atoms with Gasteiger partial charge in [0.2, 0.25) is 0 Å². The van der Waals surface area contributed by atoms with Gasteiger partial charge in [-0.25, -0.2) is 29.3 Å². The molecule has 2 N–H and O–H groups in total. The maximum Gasteiger partial charge on any atom is 0.190 e. The maximum atomic E-state index is 15.1. The quantitative estimate of drug-likeness (QED) is 0.306. The number of halogens is 2. The largest absolute Gasteiger partial charge is 0.495 e. The number of hydrogen-bond donors (Lipinski definition) is 2. The second-order valence-corrected chi connectivity index (χ2v) is 8.93. The number of methoxy groups -OCH3 is 2. The van der Waals surface area contributed by atoms with Gasteiger partial charge in [-0.3, -0.25) is 4.90 Å². The fraction of sp³-hybridized carbons (Fsp3) is 0.269. The summed E-state index contributed by atoms with van der Waals surface area (Å²) >= 11 is 6.40. The molecule has 0 radical (unpaired) electrons. The topological polar surface area (TPSA) is 119 Å². The maximum absolute atomic E-state index is 15.1. The standard InChI is InChI=1S/C26H26ClFN8O3/c1-37-19-10-20(38-2)24(28)25(23(19)27)35-26-17(12-29-14-33-26)18-9-22(32-15-31-18)34-21-4-3-16(11-30-21)13-36-5-7-39-8-6-36/h3-4,9-12,14-15H,5-8,13H2,1-2H3,(H,29,33,35)(H,30,31,32,34). The van der Waals surface area contributed by atoms with E-state index in [2.05, 4.69) is 40.5 Å². The zero-order chi connectivity index (χ0) is 27.2. The summed E-state index contributed by atoms with van der Waals surface area (Å²) in [6.07, 6.45) is 6.14. The van der Waals surface area contributed by atoms with Crippen LogP contribution in [0, 0.1) is 5.82 Å². The third kappa shape index (κ3) is 6.14. The second-order valence-electron chi connectivity index (χ2n) is 8.55.